The summed E-state index contributed by atoms with van der Waals surface area (Å²) in [5, 5.41) is 3.20. The molecule has 0 aliphatic carbocycles. The number of nitrogens with zero attached hydrogens (tertiary/aromatic N) is 1. The Morgan fingerprint density at radius 3 is 2.35 bits per heavy atom. The number of nitrogens with one attached hydrogen (secondary N) is 2. The Labute approximate surface area is 122 Å². The Morgan fingerprint density at radius 1 is 1.25 bits per heavy atom. The largest absolute Gasteiger partial charge is 0.352 e. The summed E-state index contributed by atoms with van der Waals surface area (Å²) in [6.45, 7) is 9.47. The van der Waals surface area contributed by atoms with Crippen LogP contribution in [-0.2, 0) is 23.6 Å². The van der Waals surface area contributed by atoms with E-state index in [4.69, 9.17) is 0 Å². The lowest BCUT2D eigenvalue weighted by molar-refractivity contribution is 0.388. The van der Waals surface area contributed by atoms with E-state index in [1.54, 1.807) is 12.3 Å². The van der Waals surface area contributed by atoms with Crippen LogP contribution >= 0.6 is 0 Å². The number of sulfonamides is 1. The molecule has 0 saturated carbocycles. The van der Waals surface area contributed by atoms with Crippen molar-refractivity contribution < 1.29 is 8.42 Å². The second-order valence-corrected chi connectivity index (χ2v) is 7.11. The molecule has 1 aromatic rings. The topological polar surface area (TPSA) is 63.1 Å². The molecule has 0 bridgehead atoms. The predicted octanol–water partition coefficient (Wildman–Crippen LogP) is 1.99. The van der Waals surface area contributed by atoms with Crippen molar-refractivity contribution in [2.75, 3.05) is 6.54 Å². The third kappa shape index (κ3) is 4.07. The summed E-state index contributed by atoms with van der Waals surface area (Å²) in [6.07, 6.45) is 3.19. The van der Waals surface area contributed by atoms with E-state index in [1.165, 1.54) is 0 Å². The maximum atomic E-state index is 12.5. The molecule has 116 valence electrons. The normalized spacial score (nSPS) is 12.8. The molecule has 20 heavy (non-hydrogen) atoms. The van der Waals surface area contributed by atoms with Gasteiger partial charge in [0.1, 0.15) is 0 Å². The molecular weight excluding hydrogens is 274 g/mol. The second kappa shape index (κ2) is 6.74. The van der Waals surface area contributed by atoms with E-state index in [2.05, 4.69) is 10.0 Å². The van der Waals surface area contributed by atoms with Crippen LogP contribution in [0.1, 0.15) is 46.2 Å². The van der Waals surface area contributed by atoms with Crippen LogP contribution < -0.4 is 10.0 Å². The lowest BCUT2D eigenvalue weighted by atomic mass is 9.98. The van der Waals surface area contributed by atoms with Crippen molar-refractivity contribution >= 4 is 10.0 Å². The zero-order valence-corrected chi connectivity index (χ0v) is 14.0. The molecule has 0 saturated heterocycles. The fraction of sp³-hybridized carbons (Fsp3) is 0.714. The van der Waals surface area contributed by atoms with Crippen molar-refractivity contribution in [1.29, 1.82) is 0 Å². The molecule has 0 atom stereocenters. The highest BCUT2D eigenvalue weighted by Crippen LogP contribution is 2.20. The molecular formula is C14H27N3O2S. The number of rotatable bonds is 8. The van der Waals surface area contributed by atoms with Gasteiger partial charge in [-0.2, -0.15) is 0 Å². The smallest absolute Gasteiger partial charge is 0.242 e. The van der Waals surface area contributed by atoms with Crippen molar-refractivity contribution in [3.8, 4) is 0 Å². The highest BCUT2D eigenvalue weighted by molar-refractivity contribution is 7.89. The molecule has 2 N–H and O–H groups in total. The van der Waals surface area contributed by atoms with Gasteiger partial charge in [0, 0.05) is 31.0 Å². The Morgan fingerprint density at radius 2 is 1.85 bits per heavy atom. The maximum Gasteiger partial charge on any atom is 0.242 e. The molecule has 0 aromatic carbocycles. The van der Waals surface area contributed by atoms with Crippen LogP contribution in [0.3, 0.4) is 0 Å². The summed E-state index contributed by atoms with van der Waals surface area (Å²) in [5.74, 6) is 0. The minimum absolute atomic E-state index is 0.334. The lowest BCUT2D eigenvalue weighted by Gasteiger charge is -2.27. The van der Waals surface area contributed by atoms with Crippen LogP contribution in [0.15, 0.2) is 17.2 Å². The van der Waals surface area contributed by atoms with Crippen LogP contribution in [0.2, 0.25) is 0 Å². The van der Waals surface area contributed by atoms with Crippen LogP contribution in [-0.4, -0.2) is 25.1 Å². The molecule has 0 fully saturated rings. The van der Waals surface area contributed by atoms with E-state index in [9.17, 15) is 8.42 Å². The monoisotopic (exact) mass is 301 g/mol. The van der Waals surface area contributed by atoms with Gasteiger partial charge in [-0.1, -0.05) is 20.8 Å². The standard InChI is InChI=1S/C14H27N3O2S/c1-6-14(4,7-2)16-20(18,19)13-9-12(10-15-8-3)17(5)11-13/h9,11,15-16H,6-8,10H2,1-5H3. The first-order valence-corrected chi connectivity index (χ1v) is 8.66. The van der Waals surface area contributed by atoms with Crippen molar-refractivity contribution in [1.82, 2.24) is 14.6 Å². The Hall–Kier alpha value is -0.850. The molecule has 0 spiro atoms. The average molecular weight is 301 g/mol. The Kier molecular flexibility index (Phi) is 5.79. The first-order valence-electron chi connectivity index (χ1n) is 7.18. The summed E-state index contributed by atoms with van der Waals surface area (Å²) >= 11 is 0. The van der Waals surface area contributed by atoms with Gasteiger partial charge in [-0.3, -0.25) is 0 Å². The van der Waals surface area contributed by atoms with E-state index in [1.807, 2.05) is 39.3 Å². The van der Waals surface area contributed by atoms with Gasteiger partial charge in [0.25, 0.3) is 0 Å². The van der Waals surface area contributed by atoms with Crippen LogP contribution in [0.25, 0.3) is 0 Å². The first kappa shape index (κ1) is 17.2. The van der Waals surface area contributed by atoms with E-state index < -0.39 is 15.6 Å². The van der Waals surface area contributed by atoms with Gasteiger partial charge < -0.3 is 9.88 Å². The van der Waals surface area contributed by atoms with Crippen molar-refractivity contribution in [3.63, 3.8) is 0 Å². The van der Waals surface area contributed by atoms with Crippen molar-refractivity contribution in [2.24, 2.45) is 7.05 Å². The predicted molar refractivity (Wildman–Crippen MR) is 82.1 cm³/mol. The SMILES string of the molecule is CCNCc1cc(S(=O)(=O)NC(C)(CC)CC)cn1C. The number of hydrogen-bond acceptors (Lipinski definition) is 3. The Balaban J connectivity index is 2.98. The van der Waals surface area contributed by atoms with Gasteiger partial charge in [-0.15, -0.1) is 0 Å². The van der Waals surface area contributed by atoms with Crippen LogP contribution in [0.4, 0.5) is 0 Å². The van der Waals surface area contributed by atoms with Crippen LogP contribution in [0.5, 0.6) is 0 Å². The molecule has 5 nitrogen and oxygen atoms in total. The molecule has 0 aliphatic heterocycles. The summed E-state index contributed by atoms with van der Waals surface area (Å²) in [7, 11) is -1.60. The minimum Gasteiger partial charge on any atom is -0.352 e. The molecule has 0 unspecified atom stereocenters. The first-order chi connectivity index (χ1) is 9.28. The number of aromatic nitrogens is 1. The van der Waals surface area contributed by atoms with Gasteiger partial charge in [-0.05, 0) is 32.4 Å². The maximum absolute atomic E-state index is 12.5. The number of hydrogen-bond donors (Lipinski definition) is 2. The van der Waals surface area contributed by atoms with Gasteiger partial charge in [0.2, 0.25) is 10.0 Å². The highest BCUT2D eigenvalue weighted by atomic mass is 32.2. The summed E-state index contributed by atoms with van der Waals surface area (Å²) in [4.78, 5) is 0.334. The molecule has 0 aliphatic rings. The molecule has 1 rings (SSSR count). The quantitative estimate of drug-likeness (QED) is 0.772. The fourth-order valence-electron chi connectivity index (χ4n) is 1.93. The van der Waals surface area contributed by atoms with E-state index in [-0.39, 0.29) is 0 Å². The van der Waals surface area contributed by atoms with E-state index in [0.717, 1.165) is 25.1 Å². The molecule has 6 heteroatoms. The third-order valence-electron chi connectivity index (χ3n) is 3.89. The molecule has 0 radical (unpaired) electrons. The van der Waals surface area contributed by atoms with Crippen LogP contribution in [0, 0.1) is 0 Å². The third-order valence-corrected chi connectivity index (χ3v) is 5.50. The van der Waals surface area contributed by atoms with Gasteiger partial charge in [0.15, 0.2) is 0 Å². The summed E-state index contributed by atoms with van der Waals surface area (Å²) < 4.78 is 29.6. The van der Waals surface area contributed by atoms with Crippen molar-refractivity contribution in [3.05, 3.63) is 18.0 Å². The zero-order chi connectivity index (χ0) is 15.4. The van der Waals surface area contributed by atoms with Crippen molar-refractivity contribution in [2.45, 2.75) is 57.5 Å². The number of aryl methyl sites for hydroxylation is 1. The Bertz CT molecular complexity index is 531. The highest BCUT2D eigenvalue weighted by Gasteiger charge is 2.28. The van der Waals surface area contributed by atoms with Gasteiger partial charge in [0.05, 0.1) is 4.90 Å². The van der Waals surface area contributed by atoms with E-state index >= 15 is 0 Å². The second-order valence-electron chi connectivity index (χ2n) is 5.43. The van der Waals surface area contributed by atoms with Gasteiger partial charge >= 0.3 is 0 Å². The fourth-order valence-corrected chi connectivity index (χ4v) is 3.57. The molecule has 0 amide bonds. The molecule has 1 aromatic heterocycles. The van der Waals surface area contributed by atoms with E-state index in [0.29, 0.717) is 11.4 Å². The zero-order valence-electron chi connectivity index (χ0n) is 13.2. The summed E-state index contributed by atoms with van der Waals surface area (Å²) in [6, 6.07) is 1.73. The molecule has 1 heterocycles. The minimum atomic E-state index is -3.47. The van der Waals surface area contributed by atoms with Gasteiger partial charge in [-0.25, -0.2) is 13.1 Å². The average Bonchev–Trinajstić information content (AvgIpc) is 2.78. The summed E-state index contributed by atoms with van der Waals surface area (Å²) in [5.41, 5.74) is 0.568. The lowest BCUT2D eigenvalue weighted by Crippen LogP contribution is -2.44.